The third-order valence-electron chi connectivity index (χ3n) is 4.02. The van der Waals surface area contributed by atoms with Crippen molar-refractivity contribution in [3.63, 3.8) is 0 Å². The lowest BCUT2D eigenvalue weighted by Crippen LogP contribution is -2.23. The van der Waals surface area contributed by atoms with Crippen molar-refractivity contribution in [2.75, 3.05) is 7.11 Å². The lowest BCUT2D eigenvalue weighted by atomic mass is 10.1. The Labute approximate surface area is 155 Å². The van der Waals surface area contributed by atoms with Crippen LogP contribution in [-0.4, -0.2) is 28.6 Å². The number of methoxy groups -OCH3 is 1. The summed E-state index contributed by atoms with van der Waals surface area (Å²) in [5, 5.41) is 0.509. The number of rotatable bonds is 6. The molecule has 0 aliphatic rings. The summed E-state index contributed by atoms with van der Waals surface area (Å²) in [5.74, 6) is -0.428. The van der Waals surface area contributed by atoms with Crippen LogP contribution in [0.15, 0.2) is 59.7 Å². The minimum absolute atomic E-state index is 0.0316. The number of carbonyl (C=O) groups excluding carboxylic acids is 2. The molecule has 138 valence electrons. The van der Waals surface area contributed by atoms with Gasteiger partial charge in [-0.2, -0.15) is 0 Å². The number of nitrogens with zero attached hydrogens (tertiary/aromatic N) is 2. The molecule has 0 saturated carbocycles. The summed E-state index contributed by atoms with van der Waals surface area (Å²) in [5.41, 5.74) is 1.18. The van der Waals surface area contributed by atoms with E-state index in [1.165, 1.54) is 18.0 Å². The predicted molar refractivity (Wildman–Crippen MR) is 98.4 cm³/mol. The Morgan fingerprint density at radius 3 is 2.52 bits per heavy atom. The SMILES string of the molecule is COC(=O)Cc1ccc(OC(=O)CCn2cnc3ccccc3c2=O)cc1. The highest BCUT2D eigenvalue weighted by molar-refractivity contribution is 5.77. The molecular formula is C20H18N2O5. The number of aryl methyl sites for hydroxylation is 1. The molecule has 0 aliphatic heterocycles. The van der Waals surface area contributed by atoms with Crippen LogP contribution in [0.2, 0.25) is 0 Å². The van der Waals surface area contributed by atoms with Crippen molar-refractivity contribution in [2.45, 2.75) is 19.4 Å². The van der Waals surface area contributed by atoms with E-state index < -0.39 is 5.97 Å². The van der Waals surface area contributed by atoms with Crippen LogP contribution in [0.25, 0.3) is 10.9 Å². The molecule has 0 atom stereocenters. The zero-order chi connectivity index (χ0) is 19.2. The summed E-state index contributed by atoms with van der Waals surface area (Å²) in [7, 11) is 1.33. The molecular weight excluding hydrogens is 348 g/mol. The molecule has 1 heterocycles. The smallest absolute Gasteiger partial charge is 0.312 e. The minimum atomic E-state index is -0.462. The minimum Gasteiger partial charge on any atom is -0.469 e. The molecule has 0 fully saturated rings. The van der Waals surface area contributed by atoms with E-state index in [1.807, 2.05) is 6.07 Å². The summed E-state index contributed by atoms with van der Waals surface area (Å²) < 4.78 is 11.3. The zero-order valence-electron chi connectivity index (χ0n) is 14.8. The Bertz CT molecular complexity index is 1020. The Hall–Kier alpha value is -3.48. The Morgan fingerprint density at radius 2 is 1.78 bits per heavy atom. The first-order valence-corrected chi connectivity index (χ1v) is 8.37. The number of benzene rings is 2. The summed E-state index contributed by atoms with van der Waals surface area (Å²) in [6, 6.07) is 13.7. The van der Waals surface area contributed by atoms with Gasteiger partial charge in [0.2, 0.25) is 0 Å². The molecule has 0 saturated heterocycles. The molecule has 3 rings (SSSR count). The molecule has 3 aromatic rings. The van der Waals surface area contributed by atoms with Crippen molar-refractivity contribution in [3.05, 3.63) is 70.8 Å². The van der Waals surface area contributed by atoms with Gasteiger partial charge in [0.1, 0.15) is 5.75 Å². The molecule has 0 unspecified atom stereocenters. The molecule has 7 nitrogen and oxygen atoms in total. The number of carbonyl (C=O) groups is 2. The zero-order valence-corrected chi connectivity index (χ0v) is 14.8. The van der Waals surface area contributed by atoms with Gasteiger partial charge >= 0.3 is 11.9 Å². The maximum absolute atomic E-state index is 12.4. The van der Waals surface area contributed by atoms with E-state index >= 15 is 0 Å². The van der Waals surface area contributed by atoms with Gasteiger partial charge in [0, 0.05) is 6.54 Å². The molecule has 27 heavy (non-hydrogen) atoms. The molecule has 7 heteroatoms. The number of esters is 2. The first kappa shape index (κ1) is 18.3. The number of para-hydroxylation sites is 1. The predicted octanol–water partition coefficient (Wildman–Crippen LogP) is 2.11. The second kappa shape index (κ2) is 8.27. The largest absolute Gasteiger partial charge is 0.469 e. The van der Waals surface area contributed by atoms with Crippen molar-refractivity contribution in [2.24, 2.45) is 0 Å². The van der Waals surface area contributed by atoms with E-state index in [2.05, 4.69) is 9.72 Å². The van der Waals surface area contributed by atoms with Gasteiger partial charge in [0.25, 0.3) is 5.56 Å². The van der Waals surface area contributed by atoms with Crippen LogP contribution in [0.1, 0.15) is 12.0 Å². The second-order valence-electron chi connectivity index (χ2n) is 5.88. The van der Waals surface area contributed by atoms with Gasteiger partial charge in [-0.3, -0.25) is 19.0 Å². The first-order valence-electron chi connectivity index (χ1n) is 8.37. The Balaban J connectivity index is 1.59. The monoisotopic (exact) mass is 366 g/mol. The highest BCUT2D eigenvalue weighted by Gasteiger charge is 2.09. The third kappa shape index (κ3) is 4.58. The quantitative estimate of drug-likeness (QED) is 0.490. The molecule has 0 radical (unpaired) electrons. The van der Waals surface area contributed by atoms with E-state index in [9.17, 15) is 14.4 Å². The van der Waals surface area contributed by atoms with E-state index in [0.717, 1.165) is 5.56 Å². The van der Waals surface area contributed by atoms with Crippen LogP contribution in [0, 0.1) is 0 Å². The van der Waals surface area contributed by atoms with Crippen molar-refractivity contribution in [3.8, 4) is 5.75 Å². The van der Waals surface area contributed by atoms with Crippen molar-refractivity contribution in [1.82, 2.24) is 9.55 Å². The van der Waals surface area contributed by atoms with Gasteiger partial charge in [0.15, 0.2) is 0 Å². The Kier molecular flexibility index (Phi) is 5.61. The fraction of sp³-hybridized carbons (Fsp3) is 0.200. The van der Waals surface area contributed by atoms with Crippen LogP contribution in [-0.2, 0) is 27.3 Å². The molecule has 0 bridgehead atoms. The van der Waals surface area contributed by atoms with Crippen LogP contribution >= 0.6 is 0 Å². The van der Waals surface area contributed by atoms with Gasteiger partial charge in [-0.15, -0.1) is 0 Å². The van der Waals surface area contributed by atoms with E-state index in [4.69, 9.17) is 4.74 Å². The number of hydrogen-bond donors (Lipinski definition) is 0. The Morgan fingerprint density at radius 1 is 1.04 bits per heavy atom. The van der Waals surface area contributed by atoms with Gasteiger partial charge < -0.3 is 9.47 Å². The molecule has 1 aromatic heterocycles. The maximum atomic E-state index is 12.4. The third-order valence-corrected chi connectivity index (χ3v) is 4.02. The number of ether oxygens (including phenoxy) is 2. The maximum Gasteiger partial charge on any atom is 0.312 e. The van der Waals surface area contributed by atoms with Crippen LogP contribution in [0.5, 0.6) is 5.75 Å². The number of aromatic nitrogens is 2. The van der Waals surface area contributed by atoms with Gasteiger partial charge in [0.05, 0.1) is 37.2 Å². The summed E-state index contributed by atoms with van der Waals surface area (Å²) in [4.78, 5) is 39.9. The highest BCUT2D eigenvalue weighted by Crippen LogP contribution is 2.14. The topological polar surface area (TPSA) is 87.5 Å². The summed E-state index contributed by atoms with van der Waals surface area (Å²) in [6.45, 7) is 0.177. The molecule has 0 N–H and O–H groups in total. The highest BCUT2D eigenvalue weighted by atomic mass is 16.5. The normalized spacial score (nSPS) is 10.6. The lowest BCUT2D eigenvalue weighted by Gasteiger charge is -2.08. The average molecular weight is 366 g/mol. The standard InChI is InChI=1S/C20H18N2O5/c1-26-19(24)12-14-6-8-15(9-7-14)27-18(23)10-11-22-13-21-17-5-3-2-4-16(17)20(22)25/h2-9,13H,10-12H2,1H3. The van der Waals surface area contributed by atoms with Crippen LogP contribution < -0.4 is 10.3 Å². The molecule has 0 spiro atoms. The number of hydrogen-bond acceptors (Lipinski definition) is 6. The van der Waals surface area contributed by atoms with Crippen LogP contribution in [0.3, 0.4) is 0 Å². The average Bonchev–Trinajstić information content (AvgIpc) is 2.69. The molecule has 0 aliphatic carbocycles. The number of fused-ring (bicyclic) bond motifs is 1. The molecule has 2 aromatic carbocycles. The van der Waals surface area contributed by atoms with Crippen molar-refractivity contribution >= 4 is 22.8 Å². The molecule has 0 amide bonds. The van der Waals surface area contributed by atoms with Gasteiger partial charge in [-0.1, -0.05) is 24.3 Å². The summed E-state index contributed by atoms with van der Waals surface area (Å²) >= 11 is 0. The van der Waals surface area contributed by atoms with E-state index in [0.29, 0.717) is 16.7 Å². The van der Waals surface area contributed by atoms with Crippen molar-refractivity contribution in [1.29, 1.82) is 0 Å². The first-order chi connectivity index (χ1) is 13.1. The van der Waals surface area contributed by atoms with E-state index in [-0.39, 0.29) is 30.9 Å². The lowest BCUT2D eigenvalue weighted by molar-refractivity contribution is -0.140. The van der Waals surface area contributed by atoms with Crippen molar-refractivity contribution < 1.29 is 19.1 Å². The van der Waals surface area contributed by atoms with Crippen LogP contribution in [0.4, 0.5) is 0 Å². The fourth-order valence-electron chi connectivity index (χ4n) is 2.57. The van der Waals surface area contributed by atoms with Gasteiger partial charge in [-0.05, 0) is 29.8 Å². The summed E-state index contributed by atoms with van der Waals surface area (Å²) in [6.07, 6.45) is 1.62. The fourth-order valence-corrected chi connectivity index (χ4v) is 2.57. The van der Waals surface area contributed by atoms with Gasteiger partial charge in [-0.25, -0.2) is 4.98 Å². The second-order valence-corrected chi connectivity index (χ2v) is 5.88. The van der Waals surface area contributed by atoms with E-state index in [1.54, 1.807) is 42.5 Å².